The van der Waals surface area contributed by atoms with Crippen LogP contribution in [0, 0.1) is 10.1 Å². The Hall–Kier alpha value is -2.06. The molecule has 0 aliphatic rings. The molecule has 0 bridgehead atoms. The van der Waals surface area contributed by atoms with Crippen molar-refractivity contribution in [3.05, 3.63) is 16.4 Å². The average molecular weight is 275 g/mol. The molecule has 7 nitrogen and oxygen atoms in total. The van der Waals surface area contributed by atoms with Gasteiger partial charge in [-0.05, 0) is 6.42 Å². The molecule has 0 aliphatic heterocycles. The maximum atomic E-state index is 12.3. The van der Waals surface area contributed by atoms with Crippen LogP contribution in [0.1, 0.15) is 13.3 Å². The minimum atomic E-state index is -2.60. The average Bonchev–Trinajstić information content (AvgIpc) is 2.34. The summed E-state index contributed by atoms with van der Waals surface area (Å²) in [5.74, 6) is -0.0862. The van der Waals surface area contributed by atoms with Gasteiger partial charge in [0.1, 0.15) is 6.33 Å². The lowest BCUT2D eigenvalue weighted by Gasteiger charge is -2.18. The number of aromatic nitrogens is 2. The first-order valence-electron chi connectivity index (χ1n) is 5.69. The van der Waals surface area contributed by atoms with E-state index < -0.39 is 17.9 Å². The van der Waals surface area contributed by atoms with Crippen molar-refractivity contribution in [3.8, 4) is 0 Å². The van der Waals surface area contributed by atoms with Crippen LogP contribution in [-0.4, -0.2) is 41.5 Å². The smallest absolute Gasteiger partial charge is 0.353 e. The summed E-state index contributed by atoms with van der Waals surface area (Å²) in [7, 11) is 1.32. The number of nitrogens with zero attached hydrogens (tertiary/aromatic N) is 4. The van der Waals surface area contributed by atoms with Crippen LogP contribution in [0.25, 0.3) is 0 Å². The zero-order valence-electron chi connectivity index (χ0n) is 10.6. The Morgan fingerprint density at radius 2 is 2.21 bits per heavy atom. The van der Waals surface area contributed by atoms with Crippen LogP contribution in [0.2, 0.25) is 0 Å². The van der Waals surface area contributed by atoms with Gasteiger partial charge in [0.15, 0.2) is 0 Å². The minimum Gasteiger partial charge on any atom is -0.364 e. The van der Waals surface area contributed by atoms with Crippen LogP contribution < -0.4 is 10.2 Å². The summed E-state index contributed by atoms with van der Waals surface area (Å²) in [6, 6.07) is 0. The molecular formula is C10H15F2N5O2. The number of anilines is 2. The SMILES string of the molecule is CCCNc1ncnc(N(C)CC(F)F)c1[N+](=O)[O-]. The summed E-state index contributed by atoms with van der Waals surface area (Å²) >= 11 is 0. The summed E-state index contributed by atoms with van der Waals surface area (Å²) < 4.78 is 24.7. The van der Waals surface area contributed by atoms with Gasteiger partial charge >= 0.3 is 5.69 Å². The van der Waals surface area contributed by atoms with Crippen molar-refractivity contribution in [1.82, 2.24) is 9.97 Å². The Kier molecular flexibility index (Phi) is 5.34. The molecular weight excluding hydrogens is 260 g/mol. The number of hydrogen-bond donors (Lipinski definition) is 1. The van der Waals surface area contributed by atoms with Crippen molar-refractivity contribution in [2.45, 2.75) is 19.8 Å². The fourth-order valence-corrected chi connectivity index (χ4v) is 1.48. The van der Waals surface area contributed by atoms with Crippen molar-refractivity contribution < 1.29 is 13.7 Å². The van der Waals surface area contributed by atoms with Crippen LogP contribution in [-0.2, 0) is 0 Å². The van der Waals surface area contributed by atoms with Gasteiger partial charge in [0.2, 0.25) is 11.6 Å². The van der Waals surface area contributed by atoms with Crippen molar-refractivity contribution in [2.75, 3.05) is 30.4 Å². The largest absolute Gasteiger partial charge is 0.364 e. The molecule has 1 rings (SSSR count). The van der Waals surface area contributed by atoms with Crippen molar-refractivity contribution in [1.29, 1.82) is 0 Å². The van der Waals surface area contributed by atoms with Crippen LogP contribution >= 0.6 is 0 Å². The molecule has 1 heterocycles. The Bertz CT molecular complexity index is 444. The van der Waals surface area contributed by atoms with Gasteiger partial charge in [-0.3, -0.25) is 10.1 Å². The second-order valence-corrected chi connectivity index (χ2v) is 3.85. The molecule has 0 unspecified atom stereocenters. The second kappa shape index (κ2) is 6.76. The van der Waals surface area contributed by atoms with E-state index in [1.807, 2.05) is 6.92 Å². The summed E-state index contributed by atoms with van der Waals surface area (Å²) in [5.41, 5.74) is -0.390. The van der Waals surface area contributed by atoms with E-state index in [-0.39, 0.29) is 17.3 Å². The topological polar surface area (TPSA) is 84.2 Å². The lowest BCUT2D eigenvalue weighted by atomic mass is 10.3. The molecule has 0 radical (unpaired) electrons. The van der Waals surface area contributed by atoms with Crippen LogP contribution in [0.4, 0.5) is 26.1 Å². The van der Waals surface area contributed by atoms with Gasteiger partial charge in [-0.15, -0.1) is 0 Å². The monoisotopic (exact) mass is 275 g/mol. The van der Waals surface area contributed by atoms with Gasteiger partial charge in [0.05, 0.1) is 11.5 Å². The number of nitrogens with one attached hydrogen (secondary N) is 1. The van der Waals surface area contributed by atoms with Gasteiger partial charge in [-0.25, -0.2) is 18.7 Å². The molecule has 0 saturated carbocycles. The van der Waals surface area contributed by atoms with E-state index in [4.69, 9.17) is 0 Å². The van der Waals surface area contributed by atoms with E-state index >= 15 is 0 Å². The summed E-state index contributed by atoms with van der Waals surface area (Å²) in [6.07, 6.45) is -0.738. The van der Waals surface area contributed by atoms with E-state index in [9.17, 15) is 18.9 Å². The van der Waals surface area contributed by atoms with E-state index in [0.717, 1.165) is 17.6 Å². The zero-order chi connectivity index (χ0) is 14.4. The molecule has 106 valence electrons. The first kappa shape index (κ1) is 15.0. The molecule has 0 amide bonds. The van der Waals surface area contributed by atoms with Gasteiger partial charge < -0.3 is 10.2 Å². The van der Waals surface area contributed by atoms with Crippen LogP contribution in [0.5, 0.6) is 0 Å². The zero-order valence-corrected chi connectivity index (χ0v) is 10.6. The number of nitro groups is 1. The number of alkyl halides is 2. The van der Waals surface area contributed by atoms with Crippen molar-refractivity contribution in [3.63, 3.8) is 0 Å². The lowest BCUT2D eigenvalue weighted by Crippen LogP contribution is -2.26. The summed E-state index contributed by atoms with van der Waals surface area (Å²) in [5, 5.41) is 13.9. The quantitative estimate of drug-likeness (QED) is 0.604. The number of rotatable bonds is 7. The molecule has 0 spiro atoms. The Labute approximate surface area is 108 Å². The van der Waals surface area contributed by atoms with E-state index in [1.54, 1.807) is 0 Å². The molecule has 0 atom stereocenters. The fraction of sp³-hybridized carbons (Fsp3) is 0.600. The highest BCUT2D eigenvalue weighted by Crippen LogP contribution is 2.31. The second-order valence-electron chi connectivity index (χ2n) is 3.85. The summed E-state index contributed by atoms with van der Waals surface area (Å²) in [6.45, 7) is 1.75. The standard InChI is InChI=1S/C10H15F2N5O2/c1-3-4-13-9-8(17(18)19)10(15-6-14-9)16(2)5-7(11)12/h6-7H,3-5H2,1-2H3,(H,13,14,15). The maximum Gasteiger partial charge on any atom is 0.353 e. The lowest BCUT2D eigenvalue weighted by molar-refractivity contribution is -0.383. The van der Waals surface area contributed by atoms with Gasteiger partial charge in [-0.1, -0.05) is 6.92 Å². The molecule has 19 heavy (non-hydrogen) atoms. The third kappa shape index (κ3) is 3.97. The third-order valence-corrected chi connectivity index (χ3v) is 2.30. The molecule has 1 aromatic rings. The molecule has 9 heteroatoms. The van der Waals surface area contributed by atoms with E-state index in [1.165, 1.54) is 7.05 Å². The van der Waals surface area contributed by atoms with Gasteiger partial charge in [0, 0.05) is 13.6 Å². The van der Waals surface area contributed by atoms with Crippen molar-refractivity contribution in [2.24, 2.45) is 0 Å². The normalized spacial score (nSPS) is 10.6. The first-order chi connectivity index (χ1) is 8.97. The third-order valence-electron chi connectivity index (χ3n) is 2.30. The Morgan fingerprint density at radius 3 is 2.74 bits per heavy atom. The minimum absolute atomic E-state index is 0.0398. The first-order valence-corrected chi connectivity index (χ1v) is 5.69. The molecule has 0 saturated heterocycles. The van der Waals surface area contributed by atoms with Crippen molar-refractivity contribution >= 4 is 17.3 Å². The van der Waals surface area contributed by atoms with Crippen LogP contribution in [0.3, 0.4) is 0 Å². The van der Waals surface area contributed by atoms with E-state index in [2.05, 4.69) is 15.3 Å². The predicted octanol–water partition coefficient (Wildman–Crippen LogP) is 1.91. The highest BCUT2D eigenvalue weighted by atomic mass is 19.3. The molecule has 0 aliphatic carbocycles. The highest BCUT2D eigenvalue weighted by molar-refractivity contribution is 5.70. The fourth-order valence-electron chi connectivity index (χ4n) is 1.48. The maximum absolute atomic E-state index is 12.3. The number of halogens is 2. The Balaban J connectivity index is 3.12. The van der Waals surface area contributed by atoms with Gasteiger partial charge in [0.25, 0.3) is 6.43 Å². The Morgan fingerprint density at radius 1 is 1.53 bits per heavy atom. The molecule has 1 aromatic heterocycles. The summed E-state index contributed by atoms with van der Waals surface area (Å²) in [4.78, 5) is 18.9. The molecule has 1 N–H and O–H groups in total. The van der Waals surface area contributed by atoms with Gasteiger partial charge in [-0.2, -0.15) is 0 Å². The molecule has 0 aromatic carbocycles. The number of hydrogen-bond acceptors (Lipinski definition) is 6. The van der Waals surface area contributed by atoms with Crippen LogP contribution in [0.15, 0.2) is 6.33 Å². The van der Waals surface area contributed by atoms with E-state index in [0.29, 0.717) is 6.54 Å². The molecule has 0 fully saturated rings. The predicted molar refractivity (Wildman–Crippen MR) is 66.7 cm³/mol. The highest BCUT2D eigenvalue weighted by Gasteiger charge is 2.26.